The lowest BCUT2D eigenvalue weighted by Gasteiger charge is -2.33. The molecule has 1 unspecified atom stereocenters. The Bertz CT molecular complexity index is 1330. The van der Waals surface area contributed by atoms with Crippen LogP contribution in [0.5, 0.6) is 23.0 Å². The van der Waals surface area contributed by atoms with Gasteiger partial charge in [-0.2, -0.15) is 0 Å². The van der Waals surface area contributed by atoms with Crippen molar-refractivity contribution in [3.8, 4) is 23.0 Å². The van der Waals surface area contributed by atoms with E-state index in [1.807, 2.05) is 31.2 Å². The number of nitrogens with zero attached hydrogens (tertiary/aromatic N) is 1. The van der Waals surface area contributed by atoms with Gasteiger partial charge >= 0.3 is 0 Å². The van der Waals surface area contributed by atoms with E-state index in [-0.39, 0.29) is 29.4 Å². The van der Waals surface area contributed by atoms with Gasteiger partial charge in [0, 0.05) is 17.3 Å². The number of methoxy groups -OCH3 is 1. The summed E-state index contributed by atoms with van der Waals surface area (Å²) in [6, 6.07) is 16.3. The van der Waals surface area contributed by atoms with E-state index in [2.05, 4.69) is 5.32 Å². The van der Waals surface area contributed by atoms with Crippen LogP contribution < -0.4 is 24.4 Å². The highest BCUT2D eigenvalue weighted by Gasteiger charge is 2.36. The molecule has 0 spiro atoms. The van der Waals surface area contributed by atoms with Gasteiger partial charge in [0.2, 0.25) is 5.91 Å². The molecule has 8 heteroatoms. The van der Waals surface area contributed by atoms with Crippen molar-refractivity contribution < 1.29 is 28.9 Å². The van der Waals surface area contributed by atoms with Crippen LogP contribution >= 0.6 is 0 Å². The second kappa shape index (κ2) is 11.0. The molecule has 1 fully saturated rings. The van der Waals surface area contributed by atoms with Crippen molar-refractivity contribution in [2.75, 3.05) is 25.2 Å². The standard InChI is InChI=1S/C30H32N2O6/c1-19-6-5-9-23(16-19)32(30(35)21-11-13-25-27(18-21)38-15-14-37-25)28(29(34)31-22-7-3-4-8-22)20-10-12-24(33)26(17-20)36-2/h5-6,9-13,16-18,22,28,33H,3-4,7-8,14-15H2,1-2H3,(H,31,34). The quantitative estimate of drug-likeness (QED) is 0.462. The van der Waals surface area contributed by atoms with Gasteiger partial charge in [-0.05, 0) is 73.4 Å². The highest BCUT2D eigenvalue weighted by molar-refractivity contribution is 6.10. The summed E-state index contributed by atoms with van der Waals surface area (Å²) in [4.78, 5) is 29.8. The van der Waals surface area contributed by atoms with E-state index < -0.39 is 6.04 Å². The zero-order valence-electron chi connectivity index (χ0n) is 21.6. The predicted molar refractivity (Wildman–Crippen MR) is 143 cm³/mol. The second-order valence-corrected chi connectivity index (χ2v) is 9.70. The molecule has 3 aromatic carbocycles. The lowest BCUT2D eigenvalue weighted by molar-refractivity contribution is -0.123. The molecule has 1 atom stereocenters. The lowest BCUT2D eigenvalue weighted by atomic mass is 10.00. The number of aromatic hydroxyl groups is 1. The maximum atomic E-state index is 14.3. The average Bonchev–Trinajstić information content (AvgIpc) is 3.44. The van der Waals surface area contributed by atoms with Gasteiger partial charge in [0.05, 0.1) is 7.11 Å². The second-order valence-electron chi connectivity index (χ2n) is 9.70. The molecule has 1 saturated carbocycles. The van der Waals surface area contributed by atoms with E-state index in [4.69, 9.17) is 14.2 Å². The summed E-state index contributed by atoms with van der Waals surface area (Å²) in [6.07, 6.45) is 3.91. The fourth-order valence-electron chi connectivity index (χ4n) is 5.11. The molecule has 0 aromatic heterocycles. The van der Waals surface area contributed by atoms with Gasteiger partial charge in [-0.1, -0.05) is 31.0 Å². The smallest absolute Gasteiger partial charge is 0.259 e. The number of phenolic OH excluding ortho intramolecular Hbond substituents is 1. The summed E-state index contributed by atoms with van der Waals surface area (Å²) >= 11 is 0. The molecule has 0 radical (unpaired) electrons. The van der Waals surface area contributed by atoms with Crippen molar-refractivity contribution in [2.24, 2.45) is 0 Å². The van der Waals surface area contributed by atoms with Crippen LogP contribution in [0.25, 0.3) is 0 Å². The van der Waals surface area contributed by atoms with E-state index in [0.717, 1.165) is 31.2 Å². The Morgan fingerprint density at radius 3 is 2.50 bits per heavy atom. The molecule has 1 heterocycles. The van der Waals surface area contributed by atoms with E-state index >= 15 is 0 Å². The van der Waals surface area contributed by atoms with Gasteiger partial charge in [0.15, 0.2) is 23.0 Å². The van der Waals surface area contributed by atoms with Gasteiger partial charge in [-0.15, -0.1) is 0 Å². The lowest BCUT2D eigenvalue weighted by Crippen LogP contribution is -2.46. The molecule has 5 rings (SSSR count). The Morgan fingerprint density at radius 1 is 1.00 bits per heavy atom. The van der Waals surface area contributed by atoms with Crippen molar-refractivity contribution in [1.29, 1.82) is 0 Å². The van der Waals surface area contributed by atoms with Crippen molar-refractivity contribution in [3.05, 3.63) is 77.4 Å². The third-order valence-corrected chi connectivity index (χ3v) is 7.02. The minimum absolute atomic E-state index is 0.0489. The monoisotopic (exact) mass is 516 g/mol. The van der Waals surface area contributed by atoms with Crippen LogP contribution in [-0.4, -0.2) is 43.3 Å². The van der Waals surface area contributed by atoms with Crippen LogP contribution in [0.4, 0.5) is 5.69 Å². The zero-order valence-corrected chi connectivity index (χ0v) is 21.6. The number of ether oxygens (including phenoxy) is 3. The first-order valence-corrected chi connectivity index (χ1v) is 12.9. The molecule has 198 valence electrons. The summed E-state index contributed by atoms with van der Waals surface area (Å²) in [6.45, 7) is 2.78. The van der Waals surface area contributed by atoms with Gasteiger partial charge < -0.3 is 24.6 Å². The molecule has 0 bridgehead atoms. The first-order valence-electron chi connectivity index (χ1n) is 12.9. The number of hydrogen-bond acceptors (Lipinski definition) is 6. The number of aryl methyl sites for hydroxylation is 1. The molecule has 3 aromatic rings. The number of hydrogen-bond donors (Lipinski definition) is 2. The topological polar surface area (TPSA) is 97.3 Å². The number of rotatable bonds is 7. The van der Waals surface area contributed by atoms with Crippen molar-refractivity contribution in [1.82, 2.24) is 5.32 Å². The first kappa shape index (κ1) is 25.4. The molecule has 2 amide bonds. The number of phenols is 1. The molecule has 1 aliphatic carbocycles. The van der Waals surface area contributed by atoms with Gasteiger partial charge in [-0.3, -0.25) is 14.5 Å². The minimum Gasteiger partial charge on any atom is -0.504 e. The summed E-state index contributed by atoms with van der Waals surface area (Å²) in [5.74, 6) is 0.574. The summed E-state index contributed by atoms with van der Waals surface area (Å²) in [7, 11) is 1.45. The SMILES string of the molecule is COc1cc(C(C(=O)NC2CCCC2)N(C(=O)c2ccc3c(c2)OCCO3)c2cccc(C)c2)ccc1O. The highest BCUT2D eigenvalue weighted by Crippen LogP contribution is 2.37. The van der Waals surface area contributed by atoms with Crippen molar-refractivity contribution in [2.45, 2.75) is 44.7 Å². The molecule has 2 N–H and O–H groups in total. The molecule has 2 aliphatic rings. The molecular formula is C30H32N2O6. The van der Waals surface area contributed by atoms with E-state index in [1.165, 1.54) is 18.1 Å². The molecule has 0 saturated heterocycles. The Balaban J connectivity index is 1.63. The van der Waals surface area contributed by atoms with Crippen LogP contribution in [0.3, 0.4) is 0 Å². The predicted octanol–water partition coefficient (Wildman–Crippen LogP) is 4.93. The van der Waals surface area contributed by atoms with Crippen LogP contribution in [0, 0.1) is 6.92 Å². The van der Waals surface area contributed by atoms with Crippen LogP contribution in [0.15, 0.2) is 60.7 Å². The van der Waals surface area contributed by atoms with Crippen LogP contribution in [-0.2, 0) is 4.79 Å². The minimum atomic E-state index is -1.02. The van der Waals surface area contributed by atoms with E-state index in [9.17, 15) is 14.7 Å². The first-order chi connectivity index (χ1) is 18.4. The van der Waals surface area contributed by atoms with Crippen LogP contribution in [0.1, 0.15) is 53.2 Å². The number of anilines is 1. The number of carbonyl (C=O) groups is 2. The van der Waals surface area contributed by atoms with Gasteiger partial charge in [-0.25, -0.2) is 0 Å². The maximum absolute atomic E-state index is 14.3. The fraction of sp³-hybridized carbons (Fsp3) is 0.333. The Hall–Kier alpha value is -4.20. The summed E-state index contributed by atoms with van der Waals surface area (Å²) in [5, 5.41) is 13.4. The fourth-order valence-corrected chi connectivity index (χ4v) is 5.11. The number of benzene rings is 3. The van der Waals surface area contributed by atoms with Crippen molar-refractivity contribution >= 4 is 17.5 Å². The van der Waals surface area contributed by atoms with Gasteiger partial charge in [0.25, 0.3) is 5.91 Å². The Kier molecular flexibility index (Phi) is 7.40. The van der Waals surface area contributed by atoms with Crippen molar-refractivity contribution in [3.63, 3.8) is 0 Å². The maximum Gasteiger partial charge on any atom is 0.259 e. The van der Waals surface area contributed by atoms with E-state index in [0.29, 0.717) is 41.5 Å². The number of nitrogens with one attached hydrogen (secondary N) is 1. The number of amides is 2. The largest absolute Gasteiger partial charge is 0.504 e. The molecule has 8 nitrogen and oxygen atoms in total. The average molecular weight is 517 g/mol. The molecule has 38 heavy (non-hydrogen) atoms. The highest BCUT2D eigenvalue weighted by atomic mass is 16.6. The zero-order chi connectivity index (χ0) is 26.6. The molecular weight excluding hydrogens is 484 g/mol. The summed E-state index contributed by atoms with van der Waals surface area (Å²) < 4.78 is 16.7. The number of fused-ring (bicyclic) bond motifs is 1. The third-order valence-electron chi connectivity index (χ3n) is 7.02. The van der Waals surface area contributed by atoms with Crippen LogP contribution in [0.2, 0.25) is 0 Å². The van der Waals surface area contributed by atoms with E-state index in [1.54, 1.807) is 30.3 Å². The third kappa shape index (κ3) is 5.25. The number of carbonyl (C=O) groups excluding carboxylic acids is 2. The normalized spacial score (nSPS) is 15.5. The molecule has 1 aliphatic heterocycles. The Morgan fingerprint density at radius 2 is 1.76 bits per heavy atom. The Labute approximate surface area is 222 Å². The summed E-state index contributed by atoms with van der Waals surface area (Å²) in [5.41, 5.74) is 2.40. The van der Waals surface area contributed by atoms with Gasteiger partial charge in [0.1, 0.15) is 19.3 Å².